The molecule has 1 aromatic heterocycles. The molecule has 1 aliphatic carbocycles. The van der Waals surface area contributed by atoms with Crippen molar-refractivity contribution in [2.75, 3.05) is 6.54 Å². The molecule has 0 spiro atoms. The van der Waals surface area contributed by atoms with E-state index < -0.39 is 5.54 Å². The van der Waals surface area contributed by atoms with Crippen LogP contribution in [0.25, 0.3) is 0 Å². The first-order valence-corrected chi connectivity index (χ1v) is 7.40. The van der Waals surface area contributed by atoms with E-state index in [0.717, 1.165) is 18.5 Å². The molecular formula is C14H24N4O. The largest absolute Gasteiger partial charge is 0.338 e. The van der Waals surface area contributed by atoms with Gasteiger partial charge in [-0.2, -0.15) is 4.98 Å². The predicted octanol–water partition coefficient (Wildman–Crippen LogP) is 2.03. The van der Waals surface area contributed by atoms with Crippen LogP contribution in [-0.4, -0.2) is 27.6 Å². The molecule has 2 N–H and O–H groups in total. The Hall–Kier alpha value is -0.940. The fourth-order valence-electron chi connectivity index (χ4n) is 3.45. The third-order valence-corrected chi connectivity index (χ3v) is 4.51. The van der Waals surface area contributed by atoms with Gasteiger partial charge in [-0.05, 0) is 45.6 Å². The highest BCUT2D eigenvalue weighted by Crippen LogP contribution is 2.36. The molecule has 0 amide bonds. The molecule has 1 aromatic rings. The summed E-state index contributed by atoms with van der Waals surface area (Å²) in [5.41, 5.74) is 5.46. The molecular weight excluding hydrogens is 240 g/mol. The molecule has 5 nitrogen and oxygen atoms in total. The minimum absolute atomic E-state index is 0.528. The highest BCUT2D eigenvalue weighted by atomic mass is 16.5. The van der Waals surface area contributed by atoms with E-state index in [2.05, 4.69) is 15.0 Å². The normalized spacial score (nSPS) is 28.6. The molecule has 2 heterocycles. The summed E-state index contributed by atoms with van der Waals surface area (Å²) in [6.45, 7) is 5.74. The molecule has 1 saturated carbocycles. The lowest BCUT2D eigenvalue weighted by molar-refractivity contribution is 0.158. The van der Waals surface area contributed by atoms with Crippen molar-refractivity contribution in [1.82, 2.24) is 15.0 Å². The summed E-state index contributed by atoms with van der Waals surface area (Å²) in [6, 6.07) is 0.731. The Morgan fingerprint density at radius 3 is 2.84 bits per heavy atom. The summed E-state index contributed by atoms with van der Waals surface area (Å²) in [7, 11) is 0. The molecule has 2 aliphatic rings. The van der Waals surface area contributed by atoms with Crippen molar-refractivity contribution < 1.29 is 4.52 Å². The molecule has 2 unspecified atom stereocenters. The van der Waals surface area contributed by atoms with Crippen LogP contribution in [0.15, 0.2) is 4.52 Å². The van der Waals surface area contributed by atoms with Crippen LogP contribution in [0.2, 0.25) is 0 Å². The number of likely N-dealkylation sites (tertiary alicyclic amines) is 1. The lowest BCUT2D eigenvalue weighted by Gasteiger charge is -2.30. The van der Waals surface area contributed by atoms with Crippen LogP contribution in [0.5, 0.6) is 0 Å². The highest BCUT2D eigenvalue weighted by Gasteiger charge is 2.36. The summed E-state index contributed by atoms with van der Waals surface area (Å²) >= 11 is 0. The lowest BCUT2D eigenvalue weighted by Crippen LogP contribution is -2.34. The lowest BCUT2D eigenvalue weighted by atomic mass is 9.85. The molecule has 2 atom stereocenters. The molecule has 1 saturated heterocycles. The standard InChI is InChI=1S/C14H24N4O/c1-14(2,15)13-16-12(19-17-13)9-18-8-7-10-5-3-4-6-11(10)18/h10-11H,3-9,15H2,1-2H3. The SMILES string of the molecule is CC(C)(N)c1noc(CN2CCC3CCCCC32)n1. The van der Waals surface area contributed by atoms with Crippen molar-refractivity contribution in [3.05, 3.63) is 11.7 Å². The maximum absolute atomic E-state index is 5.99. The van der Waals surface area contributed by atoms with E-state index in [1.807, 2.05) is 13.8 Å². The van der Waals surface area contributed by atoms with Gasteiger partial charge < -0.3 is 10.3 Å². The van der Waals surface area contributed by atoms with E-state index >= 15 is 0 Å². The van der Waals surface area contributed by atoms with E-state index in [9.17, 15) is 0 Å². The third kappa shape index (κ3) is 2.67. The second-order valence-electron chi connectivity index (χ2n) is 6.60. The number of rotatable bonds is 3. The number of hydrogen-bond donors (Lipinski definition) is 1. The van der Waals surface area contributed by atoms with Crippen molar-refractivity contribution in [3.8, 4) is 0 Å². The first-order chi connectivity index (χ1) is 9.04. The van der Waals surface area contributed by atoms with Gasteiger partial charge in [0.2, 0.25) is 5.89 Å². The fourth-order valence-corrected chi connectivity index (χ4v) is 3.45. The number of nitrogens with zero attached hydrogens (tertiary/aromatic N) is 3. The van der Waals surface area contributed by atoms with Gasteiger partial charge in [-0.3, -0.25) is 4.90 Å². The zero-order valence-corrected chi connectivity index (χ0v) is 11.9. The molecule has 2 fully saturated rings. The van der Waals surface area contributed by atoms with Crippen LogP contribution in [0.1, 0.15) is 57.7 Å². The smallest absolute Gasteiger partial charge is 0.240 e. The molecule has 3 rings (SSSR count). The zero-order valence-electron chi connectivity index (χ0n) is 11.9. The van der Waals surface area contributed by atoms with Crippen LogP contribution in [0.3, 0.4) is 0 Å². The number of hydrogen-bond acceptors (Lipinski definition) is 5. The second-order valence-corrected chi connectivity index (χ2v) is 6.60. The van der Waals surface area contributed by atoms with Crippen LogP contribution in [0, 0.1) is 5.92 Å². The highest BCUT2D eigenvalue weighted by molar-refractivity contribution is 5.00. The maximum Gasteiger partial charge on any atom is 0.240 e. The van der Waals surface area contributed by atoms with Crippen LogP contribution in [0.4, 0.5) is 0 Å². The third-order valence-electron chi connectivity index (χ3n) is 4.51. The molecule has 0 aromatic carbocycles. The van der Waals surface area contributed by atoms with E-state index in [1.165, 1.54) is 38.6 Å². The van der Waals surface area contributed by atoms with Crippen molar-refractivity contribution in [2.45, 2.75) is 64.1 Å². The summed E-state index contributed by atoms with van der Waals surface area (Å²) in [5.74, 6) is 2.20. The quantitative estimate of drug-likeness (QED) is 0.904. The molecule has 5 heteroatoms. The summed E-state index contributed by atoms with van der Waals surface area (Å²) in [6.07, 6.45) is 6.82. The van der Waals surface area contributed by atoms with Crippen LogP contribution >= 0.6 is 0 Å². The molecule has 0 radical (unpaired) electrons. The van der Waals surface area contributed by atoms with Gasteiger partial charge in [-0.1, -0.05) is 18.0 Å². The van der Waals surface area contributed by atoms with Crippen LogP contribution < -0.4 is 5.73 Å². The maximum atomic E-state index is 5.99. The van der Waals surface area contributed by atoms with Gasteiger partial charge in [-0.25, -0.2) is 0 Å². The Bertz CT molecular complexity index is 437. The molecule has 19 heavy (non-hydrogen) atoms. The Labute approximate surface area is 114 Å². The summed E-state index contributed by atoms with van der Waals surface area (Å²) in [4.78, 5) is 6.96. The van der Waals surface area contributed by atoms with E-state index in [0.29, 0.717) is 11.7 Å². The first-order valence-electron chi connectivity index (χ1n) is 7.40. The van der Waals surface area contributed by atoms with Crippen molar-refractivity contribution in [3.63, 3.8) is 0 Å². The molecule has 0 bridgehead atoms. The van der Waals surface area contributed by atoms with Crippen LogP contribution in [-0.2, 0) is 12.1 Å². The summed E-state index contributed by atoms with van der Waals surface area (Å²) in [5, 5.41) is 4.00. The fraction of sp³-hybridized carbons (Fsp3) is 0.857. The first kappa shape index (κ1) is 13.1. The molecule has 1 aliphatic heterocycles. The predicted molar refractivity (Wildman–Crippen MR) is 72.3 cm³/mol. The van der Waals surface area contributed by atoms with Gasteiger partial charge in [0.25, 0.3) is 0 Å². The number of fused-ring (bicyclic) bond motifs is 1. The average molecular weight is 264 g/mol. The van der Waals surface area contributed by atoms with Gasteiger partial charge in [0.05, 0.1) is 12.1 Å². The van der Waals surface area contributed by atoms with Gasteiger partial charge in [0, 0.05) is 6.04 Å². The Balaban J connectivity index is 1.67. The Morgan fingerprint density at radius 1 is 1.32 bits per heavy atom. The van der Waals surface area contributed by atoms with Gasteiger partial charge in [-0.15, -0.1) is 0 Å². The minimum atomic E-state index is -0.528. The van der Waals surface area contributed by atoms with E-state index in [1.54, 1.807) is 0 Å². The minimum Gasteiger partial charge on any atom is -0.338 e. The topological polar surface area (TPSA) is 68.2 Å². The number of aromatic nitrogens is 2. The van der Waals surface area contributed by atoms with E-state index in [-0.39, 0.29) is 0 Å². The van der Waals surface area contributed by atoms with Gasteiger partial charge >= 0.3 is 0 Å². The van der Waals surface area contributed by atoms with Crippen molar-refractivity contribution >= 4 is 0 Å². The number of nitrogens with two attached hydrogens (primary N) is 1. The summed E-state index contributed by atoms with van der Waals surface area (Å²) < 4.78 is 5.35. The Kier molecular flexibility index (Phi) is 3.35. The van der Waals surface area contributed by atoms with Gasteiger partial charge in [0.15, 0.2) is 5.82 Å². The molecule has 106 valence electrons. The monoisotopic (exact) mass is 264 g/mol. The van der Waals surface area contributed by atoms with Crippen molar-refractivity contribution in [2.24, 2.45) is 11.7 Å². The van der Waals surface area contributed by atoms with Crippen molar-refractivity contribution in [1.29, 1.82) is 0 Å². The van der Waals surface area contributed by atoms with E-state index in [4.69, 9.17) is 10.3 Å². The average Bonchev–Trinajstić information content (AvgIpc) is 2.97. The second kappa shape index (κ2) is 4.87. The zero-order chi connectivity index (χ0) is 13.5. The Morgan fingerprint density at radius 2 is 2.11 bits per heavy atom. The van der Waals surface area contributed by atoms with Gasteiger partial charge in [0.1, 0.15) is 0 Å².